The van der Waals surface area contributed by atoms with E-state index in [1.807, 2.05) is 6.92 Å². The number of carbonyl (C=O) groups is 1. The van der Waals surface area contributed by atoms with Crippen LogP contribution in [-0.4, -0.2) is 24.9 Å². The van der Waals surface area contributed by atoms with E-state index < -0.39 is 12.1 Å². The molecular weight excluding hydrogens is 555 g/mol. The van der Waals surface area contributed by atoms with Crippen LogP contribution in [0.15, 0.2) is 46.9 Å². The van der Waals surface area contributed by atoms with E-state index in [0.29, 0.717) is 5.92 Å². The van der Waals surface area contributed by atoms with Crippen LogP contribution in [-0.2, 0) is 16.0 Å². The third kappa shape index (κ3) is 11.3. The summed E-state index contributed by atoms with van der Waals surface area (Å²) in [7, 11) is 0. The van der Waals surface area contributed by atoms with Crippen LogP contribution in [0.25, 0.3) is 11.1 Å². The maximum atomic E-state index is 13.9. The van der Waals surface area contributed by atoms with Gasteiger partial charge in [0.1, 0.15) is 11.9 Å². The average Bonchev–Trinajstić information content (AvgIpc) is 2.96. The molecule has 0 aliphatic heterocycles. The molecule has 5 heteroatoms. The number of rotatable bonds is 17. The van der Waals surface area contributed by atoms with Crippen molar-refractivity contribution in [2.45, 2.75) is 122 Å². The van der Waals surface area contributed by atoms with Crippen LogP contribution < -0.4 is 4.74 Å². The predicted octanol–water partition coefficient (Wildman–Crippen LogP) is 10.4. The van der Waals surface area contributed by atoms with Crippen molar-refractivity contribution >= 4 is 21.9 Å². The van der Waals surface area contributed by atoms with Crippen LogP contribution in [0.1, 0.15) is 109 Å². The van der Waals surface area contributed by atoms with Crippen LogP contribution in [0.2, 0.25) is 0 Å². The lowest BCUT2D eigenvalue weighted by molar-refractivity contribution is -0.157. The van der Waals surface area contributed by atoms with Gasteiger partial charge >= 0.3 is 5.97 Å². The maximum Gasteiger partial charge on any atom is 0.340 e. The van der Waals surface area contributed by atoms with Crippen molar-refractivity contribution < 1.29 is 18.7 Å². The van der Waals surface area contributed by atoms with Crippen LogP contribution in [0.3, 0.4) is 0 Å². The van der Waals surface area contributed by atoms with Gasteiger partial charge in [-0.1, -0.05) is 89.1 Å². The van der Waals surface area contributed by atoms with Gasteiger partial charge in [0, 0.05) is 0 Å². The quantitative estimate of drug-likeness (QED) is 0.133. The van der Waals surface area contributed by atoms with E-state index in [9.17, 15) is 9.18 Å². The van der Waals surface area contributed by atoms with Gasteiger partial charge in [0.15, 0.2) is 6.17 Å². The zero-order valence-corrected chi connectivity index (χ0v) is 25.7. The van der Waals surface area contributed by atoms with E-state index in [2.05, 4.69) is 65.3 Å². The minimum Gasteiger partial charge on any atom is -0.492 e. The lowest BCUT2D eigenvalue weighted by atomic mass is 9.83. The Labute approximate surface area is 244 Å². The Bertz CT molecular complexity index is 969. The Hall–Kier alpha value is -1.88. The minimum atomic E-state index is -1.46. The van der Waals surface area contributed by atoms with Crippen LogP contribution in [0, 0.1) is 5.92 Å². The first-order valence-corrected chi connectivity index (χ1v) is 16.2. The highest BCUT2D eigenvalue weighted by Gasteiger charge is 2.27. The average molecular weight is 604 g/mol. The molecule has 1 atom stereocenters. The second-order valence-corrected chi connectivity index (χ2v) is 12.0. The molecule has 3 nitrogen and oxygen atoms in total. The molecule has 0 unspecified atom stereocenters. The normalized spacial score (nSPS) is 18.1. The Morgan fingerprint density at radius 1 is 0.897 bits per heavy atom. The number of esters is 1. The number of halogens is 2. The lowest BCUT2D eigenvalue weighted by Gasteiger charge is -2.28. The molecular formula is C34H48BrFO3. The van der Waals surface area contributed by atoms with Gasteiger partial charge in [-0.2, -0.15) is 0 Å². The van der Waals surface area contributed by atoms with Crippen molar-refractivity contribution in [2.75, 3.05) is 6.61 Å². The Morgan fingerprint density at radius 2 is 1.56 bits per heavy atom. The number of benzene rings is 2. The molecule has 0 aromatic heterocycles. The third-order valence-electron chi connectivity index (χ3n) is 7.96. The summed E-state index contributed by atoms with van der Waals surface area (Å²) in [5.41, 5.74) is 3.73. The molecule has 0 saturated heterocycles. The predicted molar refractivity (Wildman–Crippen MR) is 163 cm³/mol. The van der Waals surface area contributed by atoms with Crippen LogP contribution in [0.4, 0.5) is 4.39 Å². The third-order valence-corrected chi connectivity index (χ3v) is 8.58. The number of hydrogen-bond donors (Lipinski definition) is 0. The summed E-state index contributed by atoms with van der Waals surface area (Å²) in [6.07, 6.45) is 13.9. The van der Waals surface area contributed by atoms with E-state index in [4.69, 9.17) is 9.47 Å². The fourth-order valence-electron chi connectivity index (χ4n) is 5.37. The van der Waals surface area contributed by atoms with Gasteiger partial charge in [-0.25, -0.2) is 9.18 Å². The number of aryl methyl sites for hydroxylation is 1. The maximum absolute atomic E-state index is 13.9. The number of unbranched alkanes of at least 4 members (excludes halogenated alkanes) is 6. The Morgan fingerprint density at radius 3 is 2.26 bits per heavy atom. The van der Waals surface area contributed by atoms with Gasteiger partial charge in [-0.05, 0) is 102 Å². The molecule has 0 bridgehead atoms. The Balaban J connectivity index is 1.37. The molecule has 216 valence electrons. The number of alkyl halides is 1. The molecule has 2 aromatic carbocycles. The van der Waals surface area contributed by atoms with Crippen LogP contribution in [0.5, 0.6) is 5.75 Å². The lowest BCUT2D eigenvalue weighted by Crippen LogP contribution is -2.29. The highest BCUT2D eigenvalue weighted by molar-refractivity contribution is 9.10. The van der Waals surface area contributed by atoms with Crippen molar-refractivity contribution in [2.24, 2.45) is 5.92 Å². The van der Waals surface area contributed by atoms with E-state index in [-0.39, 0.29) is 12.5 Å². The van der Waals surface area contributed by atoms with Crippen molar-refractivity contribution in [3.63, 3.8) is 0 Å². The number of carbonyl (C=O) groups excluding carboxylic acids is 1. The highest BCUT2D eigenvalue weighted by atomic mass is 79.9. The molecule has 0 radical (unpaired) electrons. The van der Waals surface area contributed by atoms with Gasteiger partial charge in [0.05, 0.1) is 11.1 Å². The zero-order valence-electron chi connectivity index (χ0n) is 24.1. The van der Waals surface area contributed by atoms with E-state index in [1.165, 1.54) is 48.8 Å². The molecule has 1 fully saturated rings. The standard InChI is InChI=1S/C34H48BrFO3/c1-3-5-7-8-9-10-24-38-33-23-20-29(25-31(33)35)28-18-14-26(15-19-28)12-13-27-16-21-30(22-17-27)39-34(37)32(36)11-6-4-2/h14-15,18-20,23,25,27,30,32H,3-13,16-17,21-22,24H2,1-2H3/t27-,30-,32-/m0/s1. The highest BCUT2D eigenvalue weighted by Crippen LogP contribution is 2.33. The van der Waals surface area contributed by atoms with Crippen molar-refractivity contribution in [1.82, 2.24) is 0 Å². The minimum absolute atomic E-state index is 0.112. The van der Waals surface area contributed by atoms with E-state index >= 15 is 0 Å². The van der Waals surface area contributed by atoms with Gasteiger partial charge in [0.2, 0.25) is 0 Å². The first-order valence-electron chi connectivity index (χ1n) is 15.4. The van der Waals surface area contributed by atoms with Gasteiger partial charge in [-0.3, -0.25) is 0 Å². The molecule has 2 aromatic rings. The van der Waals surface area contributed by atoms with Crippen molar-refractivity contribution in [3.8, 4) is 16.9 Å². The van der Waals surface area contributed by atoms with Crippen LogP contribution >= 0.6 is 15.9 Å². The van der Waals surface area contributed by atoms with Gasteiger partial charge in [-0.15, -0.1) is 0 Å². The van der Waals surface area contributed by atoms with E-state index in [0.717, 1.165) is 74.6 Å². The molecule has 0 heterocycles. The fraction of sp³-hybridized carbons (Fsp3) is 0.618. The molecule has 1 aliphatic carbocycles. The van der Waals surface area contributed by atoms with Gasteiger partial charge in [0.25, 0.3) is 0 Å². The van der Waals surface area contributed by atoms with Gasteiger partial charge < -0.3 is 9.47 Å². The second kappa shape index (κ2) is 17.7. The number of ether oxygens (including phenoxy) is 2. The van der Waals surface area contributed by atoms with Crippen molar-refractivity contribution in [1.29, 1.82) is 0 Å². The summed E-state index contributed by atoms with van der Waals surface area (Å²) in [6, 6.07) is 15.2. The molecule has 1 saturated carbocycles. The molecule has 0 N–H and O–H groups in total. The molecule has 3 rings (SSSR count). The summed E-state index contributed by atoms with van der Waals surface area (Å²) < 4.78 is 26.4. The summed E-state index contributed by atoms with van der Waals surface area (Å²) in [5, 5.41) is 0. The monoisotopic (exact) mass is 602 g/mol. The number of hydrogen-bond acceptors (Lipinski definition) is 3. The first kappa shape index (κ1) is 31.6. The summed E-state index contributed by atoms with van der Waals surface area (Å²) >= 11 is 3.69. The Kier molecular flexibility index (Phi) is 14.4. The SMILES string of the molecule is CCCCCCCCOc1ccc(-c2ccc(CC[C@H]3CC[C@H](OC(=O)[C@@H](F)CCCC)CC3)cc2)cc1Br. The van der Waals surface area contributed by atoms with Crippen molar-refractivity contribution in [3.05, 3.63) is 52.5 Å². The van der Waals surface area contributed by atoms with E-state index in [1.54, 1.807) is 0 Å². The molecule has 1 aliphatic rings. The summed E-state index contributed by atoms with van der Waals surface area (Å²) in [6.45, 7) is 5.01. The zero-order chi connectivity index (χ0) is 27.9. The largest absolute Gasteiger partial charge is 0.492 e. The topological polar surface area (TPSA) is 35.5 Å². The molecule has 0 spiro atoms. The smallest absolute Gasteiger partial charge is 0.340 e. The first-order chi connectivity index (χ1) is 19.0. The summed E-state index contributed by atoms with van der Waals surface area (Å²) in [4.78, 5) is 12.0. The second-order valence-electron chi connectivity index (χ2n) is 11.2. The fourth-order valence-corrected chi connectivity index (χ4v) is 5.87. The molecule has 39 heavy (non-hydrogen) atoms. The molecule has 0 amide bonds. The summed E-state index contributed by atoms with van der Waals surface area (Å²) in [5.74, 6) is 0.893.